The van der Waals surface area contributed by atoms with E-state index in [1.165, 1.54) is 6.07 Å². The number of benzene rings is 2. The van der Waals surface area contributed by atoms with Crippen molar-refractivity contribution in [3.63, 3.8) is 0 Å². The summed E-state index contributed by atoms with van der Waals surface area (Å²) in [6, 6.07) is 8.38. The zero-order valence-corrected chi connectivity index (χ0v) is 18.8. The van der Waals surface area contributed by atoms with Gasteiger partial charge in [0.05, 0.1) is 21.3 Å². The Morgan fingerprint density at radius 1 is 1.06 bits per heavy atom. The third-order valence-electron chi connectivity index (χ3n) is 5.61. The van der Waals surface area contributed by atoms with Gasteiger partial charge in [-0.05, 0) is 50.2 Å². The molecule has 1 N–H and O–H groups in total. The summed E-state index contributed by atoms with van der Waals surface area (Å²) in [5, 5.41) is 3.39. The Kier molecular flexibility index (Phi) is 7.98. The van der Waals surface area contributed by atoms with E-state index in [0.29, 0.717) is 40.9 Å². The Morgan fingerprint density at radius 2 is 1.74 bits per heavy atom. The molecule has 0 bridgehead atoms. The number of carbonyl (C=O) groups is 1. The quantitative estimate of drug-likeness (QED) is 0.658. The van der Waals surface area contributed by atoms with Crippen LogP contribution >= 0.6 is 11.6 Å². The maximum absolute atomic E-state index is 14.0. The highest BCUT2D eigenvalue weighted by atomic mass is 35.5. The molecule has 2 aromatic carbocycles. The van der Waals surface area contributed by atoms with Gasteiger partial charge in [0.2, 0.25) is 11.7 Å². The minimum absolute atomic E-state index is 0.00848. The van der Waals surface area contributed by atoms with Gasteiger partial charge in [0.25, 0.3) is 0 Å². The maximum atomic E-state index is 14.0. The third-order valence-corrected chi connectivity index (χ3v) is 5.84. The van der Waals surface area contributed by atoms with Crippen molar-refractivity contribution in [1.82, 2.24) is 10.2 Å². The van der Waals surface area contributed by atoms with Crippen LogP contribution < -0.4 is 19.5 Å². The summed E-state index contributed by atoms with van der Waals surface area (Å²) in [4.78, 5) is 14.9. The summed E-state index contributed by atoms with van der Waals surface area (Å²) >= 11 is 5.82. The topological polar surface area (TPSA) is 60.0 Å². The van der Waals surface area contributed by atoms with Gasteiger partial charge in [0.1, 0.15) is 5.82 Å². The number of hydrogen-bond donors (Lipinski definition) is 1. The zero-order valence-electron chi connectivity index (χ0n) is 18.0. The lowest BCUT2D eigenvalue weighted by atomic mass is 9.95. The molecule has 0 saturated carbocycles. The van der Waals surface area contributed by atoms with Crippen LogP contribution in [0.15, 0.2) is 30.3 Å². The van der Waals surface area contributed by atoms with Crippen LogP contribution in [0.5, 0.6) is 17.2 Å². The average molecular weight is 451 g/mol. The molecule has 1 amide bonds. The fourth-order valence-corrected chi connectivity index (χ4v) is 4.03. The highest BCUT2D eigenvalue weighted by molar-refractivity contribution is 6.30. The van der Waals surface area contributed by atoms with E-state index in [1.807, 2.05) is 6.07 Å². The molecule has 1 saturated heterocycles. The summed E-state index contributed by atoms with van der Waals surface area (Å²) in [7, 11) is 4.67. The summed E-state index contributed by atoms with van der Waals surface area (Å²) < 4.78 is 30.2. The lowest BCUT2D eigenvalue weighted by molar-refractivity contribution is -0.126. The Morgan fingerprint density at radius 3 is 2.35 bits per heavy atom. The molecule has 6 nitrogen and oxygen atoms in total. The van der Waals surface area contributed by atoms with Gasteiger partial charge in [-0.1, -0.05) is 17.7 Å². The van der Waals surface area contributed by atoms with Crippen LogP contribution in [0.25, 0.3) is 0 Å². The molecule has 0 unspecified atom stereocenters. The molecule has 0 aliphatic carbocycles. The van der Waals surface area contributed by atoms with Gasteiger partial charge in [-0.15, -0.1) is 0 Å². The number of piperidine rings is 1. The Hall–Kier alpha value is -2.51. The Balaban J connectivity index is 1.54. The van der Waals surface area contributed by atoms with Gasteiger partial charge in [0, 0.05) is 35.2 Å². The standard InChI is InChI=1S/C23H28ClFN2O4/c1-29-20-7-5-16(21(30-2)22(20)31-3)13-26-23(28)15-8-10-27(11-9-15)14-17-4-6-18(24)12-19(17)25/h4-7,12,15H,8-11,13-14H2,1-3H3,(H,26,28). The molecule has 2 aromatic rings. The molecule has 1 aliphatic rings. The molecule has 1 aliphatic heterocycles. The van der Waals surface area contributed by atoms with Crippen LogP contribution in [0, 0.1) is 11.7 Å². The number of likely N-dealkylation sites (tertiary alicyclic amines) is 1. The lowest BCUT2D eigenvalue weighted by Gasteiger charge is -2.31. The molecule has 0 radical (unpaired) electrons. The van der Waals surface area contributed by atoms with Crippen LogP contribution in [0.3, 0.4) is 0 Å². The van der Waals surface area contributed by atoms with E-state index in [-0.39, 0.29) is 17.6 Å². The van der Waals surface area contributed by atoms with E-state index < -0.39 is 0 Å². The number of methoxy groups -OCH3 is 3. The summed E-state index contributed by atoms with van der Waals surface area (Å²) in [6.07, 6.45) is 1.45. The molecular formula is C23H28ClFN2O4. The highest BCUT2D eigenvalue weighted by Gasteiger charge is 2.26. The average Bonchev–Trinajstić information content (AvgIpc) is 2.78. The van der Waals surface area contributed by atoms with Crippen LogP contribution in [0.1, 0.15) is 24.0 Å². The van der Waals surface area contributed by atoms with Crippen LogP contribution in [-0.2, 0) is 17.9 Å². The van der Waals surface area contributed by atoms with Gasteiger partial charge < -0.3 is 19.5 Å². The van der Waals surface area contributed by atoms with Gasteiger partial charge in [0.15, 0.2) is 11.5 Å². The lowest BCUT2D eigenvalue weighted by Crippen LogP contribution is -2.40. The van der Waals surface area contributed by atoms with Gasteiger partial charge >= 0.3 is 0 Å². The van der Waals surface area contributed by atoms with Crippen molar-refractivity contribution in [2.45, 2.75) is 25.9 Å². The largest absolute Gasteiger partial charge is 0.493 e. The van der Waals surface area contributed by atoms with Crippen molar-refractivity contribution < 1.29 is 23.4 Å². The van der Waals surface area contributed by atoms with E-state index in [0.717, 1.165) is 31.5 Å². The fourth-order valence-electron chi connectivity index (χ4n) is 3.87. The summed E-state index contributed by atoms with van der Waals surface area (Å²) in [6.45, 7) is 2.32. The number of halogens is 2. The van der Waals surface area contributed by atoms with Crippen molar-refractivity contribution in [2.75, 3.05) is 34.4 Å². The number of ether oxygens (including phenoxy) is 3. The predicted octanol–water partition coefficient (Wildman–Crippen LogP) is 4.03. The molecule has 31 heavy (non-hydrogen) atoms. The number of rotatable bonds is 8. The van der Waals surface area contributed by atoms with E-state index in [2.05, 4.69) is 10.2 Å². The first kappa shape index (κ1) is 23.2. The first-order valence-corrected chi connectivity index (χ1v) is 10.6. The molecule has 8 heteroatoms. The van der Waals surface area contributed by atoms with E-state index in [9.17, 15) is 9.18 Å². The van der Waals surface area contributed by atoms with Crippen molar-refractivity contribution >= 4 is 17.5 Å². The van der Waals surface area contributed by atoms with Gasteiger partial charge in [-0.25, -0.2) is 4.39 Å². The Bertz CT molecular complexity index is 917. The number of amides is 1. The van der Waals surface area contributed by atoms with Gasteiger partial charge in [-0.2, -0.15) is 0 Å². The molecule has 0 aromatic heterocycles. The molecule has 0 spiro atoms. The molecule has 1 heterocycles. The number of nitrogens with one attached hydrogen (secondary N) is 1. The third kappa shape index (κ3) is 5.60. The monoisotopic (exact) mass is 450 g/mol. The van der Waals surface area contributed by atoms with E-state index in [1.54, 1.807) is 39.5 Å². The van der Waals surface area contributed by atoms with Crippen molar-refractivity contribution in [3.8, 4) is 17.2 Å². The minimum Gasteiger partial charge on any atom is -0.493 e. The van der Waals surface area contributed by atoms with Crippen LogP contribution in [-0.4, -0.2) is 45.2 Å². The fraction of sp³-hybridized carbons (Fsp3) is 0.435. The number of nitrogens with zero attached hydrogens (tertiary/aromatic N) is 1. The number of carbonyl (C=O) groups excluding carboxylic acids is 1. The maximum Gasteiger partial charge on any atom is 0.223 e. The summed E-state index contributed by atoms with van der Waals surface area (Å²) in [5.41, 5.74) is 1.43. The zero-order chi connectivity index (χ0) is 22.4. The molecule has 1 fully saturated rings. The highest BCUT2D eigenvalue weighted by Crippen LogP contribution is 2.39. The predicted molar refractivity (Wildman–Crippen MR) is 117 cm³/mol. The Labute approximate surface area is 187 Å². The summed E-state index contributed by atoms with van der Waals surface area (Å²) in [5.74, 6) is 1.25. The van der Waals surface area contributed by atoms with E-state index in [4.69, 9.17) is 25.8 Å². The van der Waals surface area contributed by atoms with Gasteiger partial charge in [-0.3, -0.25) is 9.69 Å². The van der Waals surface area contributed by atoms with Crippen LogP contribution in [0.2, 0.25) is 5.02 Å². The smallest absolute Gasteiger partial charge is 0.223 e. The molecule has 168 valence electrons. The first-order valence-electron chi connectivity index (χ1n) is 10.2. The van der Waals surface area contributed by atoms with Crippen molar-refractivity contribution in [2.24, 2.45) is 5.92 Å². The SMILES string of the molecule is COc1ccc(CNC(=O)C2CCN(Cc3ccc(Cl)cc3F)CC2)c(OC)c1OC. The van der Waals surface area contributed by atoms with Crippen molar-refractivity contribution in [3.05, 3.63) is 52.3 Å². The van der Waals surface area contributed by atoms with Crippen molar-refractivity contribution in [1.29, 1.82) is 0 Å². The molecule has 3 rings (SSSR count). The second kappa shape index (κ2) is 10.7. The normalized spacial score (nSPS) is 14.9. The van der Waals surface area contributed by atoms with Crippen LogP contribution in [0.4, 0.5) is 4.39 Å². The van der Waals surface area contributed by atoms with E-state index >= 15 is 0 Å². The second-order valence-electron chi connectivity index (χ2n) is 7.50. The molecular weight excluding hydrogens is 423 g/mol. The second-order valence-corrected chi connectivity index (χ2v) is 7.93. The minimum atomic E-state index is -0.295. The number of hydrogen-bond acceptors (Lipinski definition) is 5. The first-order chi connectivity index (χ1) is 15.0. The molecule has 0 atom stereocenters.